The molecule has 13 heteroatoms. The monoisotopic (exact) mass is 679 g/mol. The van der Waals surface area contributed by atoms with Crippen LogP contribution in [0.2, 0.25) is 0 Å². The van der Waals surface area contributed by atoms with Crippen molar-refractivity contribution in [3.63, 3.8) is 0 Å². The number of unbranched alkanes of at least 4 members (excludes halogenated alkanes) is 6. The van der Waals surface area contributed by atoms with Crippen LogP contribution in [0.25, 0.3) is 11.0 Å². The number of piperidine rings is 1. The second kappa shape index (κ2) is 17.4. The van der Waals surface area contributed by atoms with E-state index in [4.69, 9.17) is 19.5 Å². The number of imide groups is 1. The van der Waals surface area contributed by atoms with Gasteiger partial charge in [-0.3, -0.25) is 19.7 Å². The number of carbonyl (C=O) groups excluding carboxylic acids is 3. The van der Waals surface area contributed by atoms with Gasteiger partial charge in [0.25, 0.3) is 11.8 Å². The third-order valence-electron chi connectivity index (χ3n) is 8.66. The SMILES string of the molecule is CCCCCCCCCC(=O)Oc1c(N2CCC(c3noc4cc(F)ccc34)CC2)cc2c(c1CC)C(=O)NC2=O.O=C(O)C=CC(=O)O. The summed E-state index contributed by atoms with van der Waals surface area (Å²) >= 11 is 0. The number of aliphatic carboxylic acids is 2. The maximum atomic E-state index is 13.6. The molecule has 2 aliphatic rings. The van der Waals surface area contributed by atoms with Crippen molar-refractivity contribution in [1.82, 2.24) is 10.5 Å². The Morgan fingerprint density at radius 2 is 1.63 bits per heavy atom. The highest BCUT2D eigenvalue weighted by molar-refractivity contribution is 6.23. The van der Waals surface area contributed by atoms with E-state index in [1.807, 2.05) is 6.92 Å². The number of halogens is 1. The summed E-state index contributed by atoms with van der Waals surface area (Å²) in [4.78, 5) is 59.5. The molecular formula is C36H42FN3O9. The van der Waals surface area contributed by atoms with Gasteiger partial charge in [0.05, 0.1) is 22.5 Å². The highest BCUT2D eigenvalue weighted by atomic mass is 19.1. The number of benzene rings is 2. The lowest BCUT2D eigenvalue weighted by Crippen LogP contribution is -2.34. The van der Waals surface area contributed by atoms with Crippen LogP contribution in [0.3, 0.4) is 0 Å². The molecule has 49 heavy (non-hydrogen) atoms. The summed E-state index contributed by atoms with van der Waals surface area (Å²) in [5, 5.41) is 23.1. The number of nitrogens with zero attached hydrogens (tertiary/aromatic N) is 2. The van der Waals surface area contributed by atoms with Crippen LogP contribution < -0.4 is 15.0 Å². The molecule has 0 bridgehead atoms. The minimum Gasteiger partial charge on any atom is -0.478 e. The van der Waals surface area contributed by atoms with Crippen molar-refractivity contribution in [3.8, 4) is 5.75 Å². The fourth-order valence-electron chi connectivity index (χ4n) is 6.22. The Balaban J connectivity index is 0.000000603. The molecule has 1 saturated heterocycles. The summed E-state index contributed by atoms with van der Waals surface area (Å²) in [6.45, 7) is 5.34. The molecule has 0 saturated carbocycles. The van der Waals surface area contributed by atoms with Crippen LogP contribution in [0, 0.1) is 5.82 Å². The Labute approximate surface area is 283 Å². The molecule has 3 aromatic rings. The highest BCUT2D eigenvalue weighted by Crippen LogP contribution is 2.42. The van der Waals surface area contributed by atoms with Gasteiger partial charge in [-0.1, -0.05) is 57.5 Å². The summed E-state index contributed by atoms with van der Waals surface area (Å²) in [6, 6.07) is 6.15. The number of esters is 1. The van der Waals surface area contributed by atoms with Crippen LogP contribution in [-0.2, 0) is 20.8 Å². The van der Waals surface area contributed by atoms with E-state index >= 15 is 0 Å². The van der Waals surface area contributed by atoms with Crippen molar-refractivity contribution < 1.29 is 47.8 Å². The predicted molar refractivity (Wildman–Crippen MR) is 178 cm³/mol. The molecule has 0 atom stereocenters. The largest absolute Gasteiger partial charge is 0.478 e. The summed E-state index contributed by atoms with van der Waals surface area (Å²) in [6.07, 6.45) is 11.0. The summed E-state index contributed by atoms with van der Waals surface area (Å²) in [7, 11) is 0. The van der Waals surface area contributed by atoms with E-state index in [1.54, 1.807) is 12.1 Å². The van der Waals surface area contributed by atoms with Gasteiger partial charge in [0.15, 0.2) is 11.3 Å². The first kappa shape index (κ1) is 36.8. The number of aromatic nitrogens is 1. The van der Waals surface area contributed by atoms with Gasteiger partial charge in [0.2, 0.25) is 0 Å². The number of anilines is 1. The van der Waals surface area contributed by atoms with Crippen LogP contribution in [-0.4, -0.2) is 58.2 Å². The molecule has 0 aliphatic carbocycles. The number of fused-ring (bicyclic) bond motifs is 2. The van der Waals surface area contributed by atoms with Gasteiger partial charge >= 0.3 is 17.9 Å². The van der Waals surface area contributed by atoms with Crippen molar-refractivity contribution in [2.75, 3.05) is 18.0 Å². The lowest BCUT2D eigenvalue weighted by Gasteiger charge is -2.34. The van der Waals surface area contributed by atoms with Gasteiger partial charge in [-0.15, -0.1) is 0 Å². The first-order chi connectivity index (χ1) is 23.5. The van der Waals surface area contributed by atoms with Crippen molar-refractivity contribution in [1.29, 1.82) is 0 Å². The molecular weight excluding hydrogens is 637 g/mol. The summed E-state index contributed by atoms with van der Waals surface area (Å²) in [5.41, 5.74) is 3.11. The first-order valence-electron chi connectivity index (χ1n) is 16.7. The molecule has 262 valence electrons. The van der Waals surface area contributed by atoms with Gasteiger partial charge < -0.3 is 24.4 Å². The zero-order valence-corrected chi connectivity index (χ0v) is 27.8. The lowest BCUT2D eigenvalue weighted by atomic mass is 9.90. The van der Waals surface area contributed by atoms with Gasteiger partial charge in [0.1, 0.15) is 5.82 Å². The smallest absolute Gasteiger partial charge is 0.328 e. The van der Waals surface area contributed by atoms with Crippen LogP contribution >= 0.6 is 0 Å². The second-order valence-corrected chi connectivity index (χ2v) is 12.1. The number of amides is 2. The molecule has 3 heterocycles. The zero-order valence-electron chi connectivity index (χ0n) is 27.8. The third kappa shape index (κ3) is 9.52. The predicted octanol–water partition coefficient (Wildman–Crippen LogP) is 6.55. The lowest BCUT2D eigenvalue weighted by molar-refractivity contribution is -0.134. The number of rotatable bonds is 14. The molecule has 1 aromatic heterocycles. The van der Waals surface area contributed by atoms with Crippen molar-refractivity contribution in [2.24, 2.45) is 0 Å². The fourth-order valence-corrected chi connectivity index (χ4v) is 6.22. The Bertz CT molecular complexity index is 1710. The number of nitrogens with one attached hydrogen (secondary N) is 1. The van der Waals surface area contributed by atoms with Crippen LogP contribution in [0.1, 0.15) is 116 Å². The fraction of sp³-hybridized carbons (Fsp3) is 0.444. The number of carboxylic acid groups (broad SMARTS) is 2. The first-order valence-corrected chi connectivity index (χ1v) is 16.7. The van der Waals surface area contributed by atoms with Gasteiger partial charge in [-0.25, -0.2) is 14.0 Å². The average molecular weight is 680 g/mol. The van der Waals surface area contributed by atoms with Gasteiger partial charge in [-0.05, 0) is 43.9 Å². The molecule has 2 aliphatic heterocycles. The standard InChI is InChI=1S/C32H38FN3O5.C4H4O4/c1-3-5-6-7-8-9-10-11-27(37)40-30-22(4-2)28-24(31(38)34-32(28)39)19-25(30)36-16-14-20(15-17-36)29-23-13-12-21(33)18-26(23)41-35-29;5-3(6)1-2-4(7)8/h12-13,18-20H,3-11,14-17H2,1-2H3,(H,34,38,39);1-2H,(H,5,6)(H,7,8). The quantitative estimate of drug-likeness (QED) is 0.0553. The van der Waals surface area contributed by atoms with Crippen molar-refractivity contribution >= 4 is 46.4 Å². The van der Waals surface area contributed by atoms with E-state index in [0.29, 0.717) is 71.8 Å². The third-order valence-corrected chi connectivity index (χ3v) is 8.66. The van der Waals surface area contributed by atoms with E-state index < -0.39 is 23.8 Å². The molecule has 12 nitrogen and oxygen atoms in total. The highest BCUT2D eigenvalue weighted by Gasteiger charge is 2.35. The Hall–Kier alpha value is -5.07. The Kier molecular flexibility index (Phi) is 13.0. The van der Waals surface area contributed by atoms with E-state index in [0.717, 1.165) is 43.2 Å². The van der Waals surface area contributed by atoms with E-state index in [-0.39, 0.29) is 17.7 Å². The zero-order chi connectivity index (χ0) is 35.5. The van der Waals surface area contributed by atoms with Crippen molar-refractivity contribution in [2.45, 2.75) is 90.4 Å². The maximum Gasteiger partial charge on any atom is 0.328 e. The molecule has 5 rings (SSSR count). The van der Waals surface area contributed by atoms with E-state index in [2.05, 4.69) is 22.3 Å². The van der Waals surface area contributed by atoms with Gasteiger partial charge in [-0.2, -0.15) is 0 Å². The van der Waals surface area contributed by atoms with Crippen molar-refractivity contribution in [3.05, 3.63) is 64.6 Å². The minimum atomic E-state index is -1.26. The molecule has 0 unspecified atom stereocenters. The van der Waals surface area contributed by atoms with Crippen LogP contribution in [0.4, 0.5) is 10.1 Å². The minimum absolute atomic E-state index is 0.117. The molecule has 0 spiro atoms. The molecule has 0 radical (unpaired) electrons. The number of carboxylic acids is 2. The van der Waals surface area contributed by atoms with E-state index in [9.17, 15) is 28.4 Å². The topological polar surface area (TPSA) is 176 Å². The summed E-state index contributed by atoms with van der Waals surface area (Å²) in [5.74, 6) is -3.59. The molecule has 1 fully saturated rings. The molecule has 3 N–H and O–H groups in total. The van der Waals surface area contributed by atoms with Crippen LogP contribution in [0.5, 0.6) is 5.75 Å². The second-order valence-electron chi connectivity index (χ2n) is 12.1. The number of carbonyl (C=O) groups is 5. The Morgan fingerprint density at radius 1 is 0.980 bits per heavy atom. The van der Waals surface area contributed by atoms with E-state index in [1.165, 1.54) is 37.8 Å². The Morgan fingerprint density at radius 3 is 2.27 bits per heavy atom. The molecule has 2 aromatic carbocycles. The van der Waals surface area contributed by atoms with Gasteiger partial charge in [0, 0.05) is 54.6 Å². The average Bonchev–Trinajstić information content (AvgIpc) is 3.62. The number of hydrogen-bond donors (Lipinski definition) is 3. The number of hydrogen-bond acceptors (Lipinski definition) is 9. The normalized spacial score (nSPS) is 14.5. The van der Waals surface area contributed by atoms with Crippen LogP contribution in [0.15, 0.2) is 40.9 Å². The number of ether oxygens (including phenoxy) is 1. The summed E-state index contributed by atoms with van der Waals surface area (Å²) < 4.78 is 25.0. The molecule has 2 amide bonds. The maximum absolute atomic E-state index is 13.6.